The van der Waals surface area contributed by atoms with Crippen LogP contribution in [0.5, 0.6) is 0 Å². The van der Waals surface area contributed by atoms with Crippen LogP contribution in [-0.2, 0) is 10.0 Å². The van der Waals surface area contributed by atoms with Crippen molar-refractivity contribution in [2.24, 2.45) is 0 Å². The normalized spacial score (nSPS) is 21.3. The Morgan fingerprint density at radius 2 is 2.10 bits per heavy atom. The van der Waals surface area contributed by atoms with Gasteiger partial charge in [0.25, 0.3) is 0 Å². The Bertz CT molecular complexity index is 567. The Morgan fingerprint density at radius 3 is 2.75 bits per heavy atom. The predicted molar refractivity (Wildman–Crippen MR) is 82.9 cm³/mol. The summed E-state index contributed by atoms with van der Waals surface area (Å²) in [6.07, 6.45) is 4.28. The van der Waals surface area contributed by atoms with Gasteiger partial charge in [-0.25, -0.2) is 13.1 Å². The zero-order chi connectivity index (χ0) is 14.6. The topological polar surface area (TPSA) is 49.4 Å². The van der Waals surface area contributed by atoms with Crippen LogP contribution in [0, 0.1) is 0 Å². The second kappa shape index (κ2) is 6.52. The van der Waals surface area contributed by atoms with Crippen molar-refractivity contribution in [2.45, 2.75) is 19.4 Å². The molecule has 1 atom stereocenters. The SMILES string of the molecule is C/C(=C\c1ccccc1)CN1CC[C@@H](NS(C)(=O)=O)C1. The molecule has 110 valence electrons. The van der Waals surface area contributed by atoms with Gasteiger partial charge in [-0.2, -0.15) is 0 Å². The van der Waals surface area contributed by atoms with Crippen LogP contribution in [0.2, 0.25) is 0 Å². The summed E-state index contributed by atoms with van der Waals surface area (Å²) in [6, 6.07) is 10.3. The zero-order valence-corrected chi connectivity index (χ0v) is 12.9. The summed E-state index contributed by atoms with van der Waals surface area (Å²) in [5.74, 6) is 0. The van der Waals surface area contributed by atoms with Crippen molar-refractivity contribution in [3.05, 3.63) is 41.5 Å². The van der Waals surface area contributed by atoms with Crippen molar-refractivity contribution in [1.82, 2.24) is 9.62 Å². The Hall–Kier alpha value is -1.17. The Morgan fingerprint density at radius 1 is 1.40 bits per heavy atom. The molecule has 0 aliphatic carbocycles. The minimum atomic E-state index is -3.10. The molecule has 0 radical (unpaired) electrons. The van der Waals surface area contributed by atoms with Gasteiger partial charge in [-0.05, 0) is 18.9 Å². The van der Waals surface area contributed by atoms with E-state index in [1.807, 2.05) is 18.2 Å². The molecule has 0 unspecified atom stereocenters. The Labute approximate surface area is 121 Å². The van der Waals surface area contributed by atoms with Crippen LogP contribution in [0.4, 0.5) is 0 Å². The first-order valence-corrected chi connectivity index (χ1v) is 8.73. The molecule has 1 aromatic rings. The van der Waals surface area contributed by atoms with Gasteiger partial charge in [0.2, 0.25) is 10.0 Å². The fourth-order valence-electron chi connectivity index (χ4n) is 2.61. The molecule has 1 heterocycles. The lowest BCUT2D eigenvalue weighted by molar-refractivity contribution is 0.361. The third-order valence-electron chi connectivity index (χ3n) is 3.34. The minimum Gasteiger partial charge on any atom is -0.298 e. The number of likely N-dealkylation sites (tertiary alicyclic amines) is 1. The van der Waals surface area contributed by atoms with Crippen molar-refractivity contribution in [3.63, 3.8) is 0 Å². The maximum absolute atomic E-state index is 11.2. The van der Waals surface area contributed by atoms with Gasteiger partial charge in [-0.15, -0.1) is 0 Å². The van der Waals surface area contributed by atoms with Crippen LogP contribution in [0.1, 0.15) is 18.9 Å². The lowest BCUT2D eigenvalue weighted by atomic mass is 10.1. The van der Waals surface area contributed by atoms with Gasteiger partial charge in [0.1, 0.15) is 0 Å². The van der Waals surface area contributed by atoms with Gasteiger partial charge in [0.15, 0.2) is 0 Å². The van der Waals surface area contributed by atoms with Gasteiger partial charge in [0, 0.05) is 25.7 Å². The third-order valence-corrected chi connectivity index (χ3v) is 4.10. The number of hydrogen-bond acceptors (Lipinski definition) is 3. The summed E-state index contributed by atoms with van der Waals surface area (Å²) in [7, 11) is -3.10. The van der Waals surface area contributed by atoms with Crippen molar-refractivity contribution < 1.29 is 8.42 Å². The van der Waals surface area contributed by atoms with E-state index in [4.69, 9.17) is 0 Å². The Balaban J connectivity index is 1.87. The molecule has 0 amide bonds. The average Bonchev–Trinajstić information content (AvgIpc) is 2.75. The monoisotopic (exact) mass is 294 g/mol. The molecule has 0 bridgehead atoms. The quantitative estimate of drug-likeness (QED) is 0.899. The van der Waals surface area contributed by atoms with E-state index >= 15 is 0 Å². The molecule has 0 spiro atoms. The van der Waals surface area contributed by atoms with Gasteiger partial charge in [0.05, 0.1) is 6.26 Å². The van der Waals surface area contributed by atoms with E-state index < -0.39 is 10.0 Å². The molecule has 1 fully saturated rings. The fourth-order valence-corrected chi connectivity index (χ4v) is 3.41. The third kappa shape index (κ3) is 5.07. The summed E-state index contributed by atoms with van der Waals surface area (Å²) in [6.45, 7) is 4.72. The standard InChI is InChI=1S/C15H22N2O2S/c1-13(10-14-6-4-3-5-7-14)11-17-9-8-15(12-17)16-20(2,18)19/h3-7,10,15-16H,8-9,11-12H2,1-2H3/b13-10+/t15-/m1/s1. The molecule has 1 aliphatic rings. The van der Waals surface area contributed by atoms with E-state index in [9.17, 15) is 8.42 Å². The van der Waals surface area contributed by atoms with Crippen LogP contribution in [0.25, 0.3) is 6.08 Å². The molecule has 1 aromatic carbocycles. The Kier molecular flexibility index (Phi) is 4.96. The van der Waals surface area contributed by atoms with E-state index in [1.165, 1.54) is 17.4 Å². The minimum absolute atomic E-state index is 0.0505. The molecule has 0 saturated carbocycles. The second-order valence-corrected chi connectivity index (χ2v) is 7.29. The number of hydrogen-bond donors (Lipinski definition) is 1. The zero-order valence-electron chi connectivity index (χ0n) is 12.0. The molecule has 1 aliphatic heterocycles. The van der Waals surface area contributed by atoms with Crippen molar-refractivity contribution >= 4 is 16.1 Å². The first-order chi connectivity index (χ1) is 9.42. The number of rotatable bonds is 5. The summed E-state index contributed by atoms with van der Waals surface area (Å²) >= 11 is 0. The lowest BCUT2D eigenvalue weighted by Crippen LogP contribution is -2.36. The maximum Gasteiger partial charge on any atom is 0.208 e. The number of sulfonamides is 1. The van der Waals surface area contributed by atoms with Gasteiger partial charge in [-0.1, -0.05) is 42.0 Å². The molecular formula is C15H22N2O2S. The maximum atomic E-state index is 11.2. The van der Waals surface area contributed by atoms with Crippen LogP contribution in [0.15, 0.2) is 35.9 Å². The van der Waals surface area contributed by atoms with Crippen LogP contribution < -0.4 is 4.72 Å². The molecular weight excluding hydrogens is 272 g/mol. The van der Waals surface area contributed by atoms with Crippen LogP contribution >= 0.6 is 0 Å². The first kappa shape index (κ1) is 15.2. The smallest absolute Gasteiger partial charge is 0.208 e. The molecule has 1 saturated heterocycles. The summed E-state index contributed by atoms with van der Waals surface area (Å²) in [4.78, 5) is 2.29. The predicted octanol–water partition coefficient (Wildman–Crippen LogP) is 1.71. The highest BCUT2D eigenvalue weighted by Gasteiger charge is 2.24. The number of benzene rings is 1. The van der Waals surface area contributed by atoms with Crippen LogP contribution in [0.3, 0.4) is 0 Å². The molecule has 1 N–H and O–H groups in total. The van der Waals surface area contributed by atoms with Gasteiger partial charge >= 0.3 is 0 Å². The van der Waals surface area contributed by atoms with Crippen LogP contribution in [-0.4, -0.2) is 45.2 Å². The molecule has 20 heavy (non-hydrogen) atoms. The van der Waals surface area contributed by atoms with Gasteiger partial charge < -0.3 is 0 Å². The van der Waals surface area contributed by atoms with Gasteiger partial charge in [-0.3, -0.25) is 4.90 Å². The second-order valence-electron chi connectivity index (χ2n) is 5.51. The van der Waals surface area contributed by atoms with E-state index in [2.05, 4.69) is 34.8 Å². The van der Waals surface area contributed by atoms with E-state index in [-0.39, 0.29) is 6.04 Å². The summed E-state index contributed by atoms with van der Waals surface area (Å²) in [5, 5.41) is 0. The first-order valence-electron chi connectivity index (χ1n) is 6.84. The summed E-state index contributed by atoms with van der Waals surface area (Å²) in [5.41, 5.74) is 2.49. The van der Waals surface area contributed by atoms with E-state index in [1.54, 1.807) is 0 Å². The number of nitrogens with zero attached hydrogens (tertiary/aromatic N) is 1. The highest BCUT2D eigenvalue weighted by atomic mass is 32.2. The highest BCUT2D eigenvalue weighted by Crippen LogP contribution is 2.13. The highest BCUT2D eigenvalue weighted by molar-refractivity contribution is 7.88. The molecule has 5 heteroatoms. The van der Waals surface area contributed by atoms with Crippen molar-refractivity contribution in [1.29, 1.82) is 0 Å². The van der Waals surface area contributed by atoms with E-state index in [0.29, 0.717) is 0 Å². The molecule has 2 rings (SSSR count). The van der Waals surface area contributed by atoms with Crippen molar-refractivity contribution in [2.75, 3.05) is 25.9 Å². The molecule has 4 nitrogen and oxygen atoms in total. The van der Waals surface area contributed by atoms with Crippen molar-refractivity contribution in [3.8, 4) is 0 Å². The lowest BCUT2D eigenvalue weighted by Gasteiger charge is -2.16. The molecule has 0 aromatic heterocycles. The summed E-state index contributed by atoms with van der Waals surface area (Å²) < 4.78 is 25.1. The average molecular weight is 294 g/mol. The van der Waals surface area contributed by atoms with E-state index in [0.717, 1.165) is 26.1 Å². The fraction of sp³-hybridized carbons (Fsp3) is 0.467. The number of nitrogens with one attached hydrogen (secondary N) is 1. The largest absolute Gasteiger partial charge is 0.298 e.